The fourth-order valence-corrected chi connectivity index (χ4v) is 3.53. The summed E-state index contributed by atoms with van der Waals surface area (Å²) < 4.78 is 0. The summed E-state index contributed by atoms with van der Waals surface area (Å²) in [7, 11) is 0. The molecule has 0 saturated heterocycles. The van der Waals surface area contributed by atoms with E-state index in [1.54, 1.807) is 11.3 Å². The zero-order valence-corrected chi connectivity index (χ0v) is 17.6. The molecule has 2 atom stereocenters. The van der Waals surface area contributed by atoms with Gasteiger partial charge in [-0.15, -0.1) is 23.7 Å². The number of amides is 2. The summed E-state index contributed by atoms with van der Waals surface area (Å²) in [5.74, 6) is -0.549. The van der Waals surface area contributed by atoms with Crippen LogP contribution in [0.4, 0.5) is 0 Å². The van der Waals surface area contributed by atoms with Crippen molar-refractivity contribution in [1.29, 1.82) is 0 Å². The third-order valence-corrected chi connectivity index (χ3v) is 5.46. The van der Waals surface area contributed by atoms with Crippen molar-refractivity contribution in [2.75, 3.05) is 6.54 Å². The van der Waals surface area contributed by atoms with Gasteiger partial charge in [0.05, 0.1) is 29.2 Å². The Morgan fingerprint density at radius 2 is 1.81 bits per heavy atom. The van der Waals surface area contributed by atoms with Crippen LogP contribution in [-0.2, 0) is 9.59 Å². The number of aryl methyl sites for hydroxylation is 1. The summed E-state index contributed by atoms with van der Waals surface area (Å²) in [6.45, 7) is 7.48. The maximum atomic E-state index is 12.1. The molecule has 148 valence electrons. The van der Waals surface area contributed by atoms with E-state index in [0.717, 1.165) is 21.1 Å². The van der Waals surface area contributed by atoms with Crippen molar-refractivity contribution < 1.29 is 9.59 Å². The van der Waals surface area contributed by atoms with Gasteiger partial charge in [-0.3, -0.25) is 9.59 Å². The van der Waals surface area contributed by atoms with E-state index in [9.17, 15) is 9.59 Å². The number of nitrogens with zero attached hydrogens (tertiary/aromatic N) is 1. The lowest BCUT2D eigenvalue weighted by molar-refractivity contribution is -0.127. The van der Waals surface area contributed by atoms with Crippen LogP contribution >= 0.6 is 23.7 Å². The Hall–Kier alpha value is -1.96. The van der Waals surface area contributed by atoms with Gasteiger partial charge in [-0.2, -0.15) is 0 Å². The van der Waals surface area contributed by atoms with Gasteiger partial charge in [-0.05, 0) is 19.8 Å². The number of thiazole rings is 1. The Kier molecular flexibility index (Phi) is 8.88. The highest BCUT2D eigenvalue weighted by Gasteiger charge is 2.20. The molecular formula is C19H27ClN4O2S. The first-order chi connectivity index (χ1) is 12.3. The average Bonchev–Trinajstić information content (AvgIpc) is 3.01. The molecule has 1 aromatic heterocycles. The molecule has 0 aliphatic heterocycles. The first-order valence-electron chi connectivity index (χ1n) is 8.65. The molecule has 0 aliphatic carbocycles. The van der Waals surface area contributed by atoms with Crippen LogP contribution in [0.3, 0.4) is 0 Å². The number of hydrogen-bond acceptors (Lipinski definition) is 5. The summed E-state index contributed by atoms with van der Waals surface area (Å²) in [5.41, 5.74) is 7.72. The van der Waals surface area contributed by atoms with Crippen molar-refractivity contribution in [2.45, 2.75) is 39.8 Å². The second-order valence-electron chi connectivity index (χ2n) is 6.61. The quantitative estimate of drug-likeness (QED) is 0.653. The lowest BCUT2D eigenvalue weighted by Gasteiger charge is -2.16. The highest BCUT2D eigenvalue weighted by Crippen LogP contribution is 2.31. The first-order valence-corrected chi connectivity index (χ1v) is 9.46. The second-order valence-corrected chi connectivity index (χ2v) is 7.64. The molecule has 27 heavy (non-hydrogen) atoms. The van der Waals surface area contributed by atoms with Crippen molar-refractivity contribution >= 4 is 35.6 Å². The molecule has 2 rings (SSSR count). The fraction of sp³-hybridized carbons (Fsp3) is 0.421. The van der Waals surface area contributed by atoms with Crippen molar-refractivity contribution in [2.24, 2.45) is 11.7 Å². The first kappa shape index (κ1) is 23.1. The van der Waals surface area contributed by atoms with Crippen LogP contribution in [0, 0.1) is 12.8 Å². The maximum absolute atomic E-state index is 12.1. The molecule has 1 aromatic carbocycles. The molecule has 8 heteroatoms. The molecule has 0 aliphatic rings. The number of nitrogens with two attached hydrogens (primary N) is 1. The zero-order valence-electron chi connectivity index (χ0n) is 16.0. The minimum Gasteiger partial charge on any atom is -0.347 e. The lowest BCUT2D eigenvalue weighted by atomic mass is 10.1. The molecule has 0 spiro atoms. The predicted molar refractivity (Wildman–Crippen MR) is 112 cm³/mol. The minimum absolute atomic E-state index is 0. The number of halogens is 1. The molecule has 6 nitrogen and oxygen atoms in total. The zero-order chi connectivity index (χ0) is 19.3. The van der Waals surface area contributed by atoms with Gasteiger partial charge in [0.15, 0.2) is 0 Å². The van der Waals surface area contributed by atoms with Crippen LogP contribution < -0.4 is 16.4 Å². The smallest absolute Gasteiger partial charge is 0.239 e. The lowest BCUT2D eigenvalue weighted by Crippen LogP contribution is -2.47. The van der Waals surface area contributed by atoms with Gasteiger partial charge >= 0.3 is 0 Å². The van der Waals surface area contributed by atoms with Gasteiger partial charge in [-0.1, -0.05) is 44.2 Å². The molecular weight excluding hydrogens is 384 g/mol. The number of nitrogens with one attached hydrogen (secondary N) is 2. The van der Waals surface area contributed by atoms with Crippen LogP contribution in [0.5, 0.6) is 0 Å². The number of benzene rings is 1. The highest BCUT2D eigenvalue weighted by molar-refractivity contribution is 7.15. The van der Waals surface area contributed by atoms with Crippen LogP contribution in [0.2, 0.25) is 0 Å². The number of aromatic nitrogens is 1. The number of hydrogen-bond donors (Lipinski definition) is 3. The summed E-state index contributed by atoms with van der Waals surface area (Å²) >= 11 is 1.56. The van der Waals surface area contributed by atoms with Crippen LogP contribution in [0.25, 0.3) is 10.6 Å². The summed E-state index contributed by atoms with van der Waals surface area (Å²) in [6, 6.07) is 9.14. The Labute approximate surface area is 170 Å². The van der Waals surface area contributed by atoms with Gasteiger partial charge in [-0.25, -0.2) is 4.98 Å². The maximum Gasteiger partial charge on any atom is 0.239 e. The molecule has 4 N–H and O–H groups in total. The van der Waals surface area contributed by atoms with E-state index >= 15 is 0 Å². The molecule has 1 unspecified atom stereocenters. The second kappa shape index (κ2) is 10.4. The van der Waals surface area contributed by atoms with E-state index in [1.165, 1.54) is 0 Å². The molecule has 0 bridgehead atoms. The van der Waals surface area contributed by atoms with Crippen LogP contribution in [0.15, 0.2) is 30.3 Å². The van der Waals surface area contributed by atoms with Gasteiger partial charge in [0.2, 0.25) is 11.8 Å². The molecule has 0 saturated carbocycles. The number of carbonyl (C=O) groups is 2. The summed E-state index contributed by atoms with van der Waals surface area (Å²) in [5, 5.41) is 6.41. The molecule has 2 aromatic rings. The topological polar surface area (TPSA) is 97.1 Å². The Balaban J connectivity index is 0.00000364. The van der Waals surface area contributed by atoms with E-state index in [1.807, 2.05) is 58.0 Å². The van der Waals surface area contributed by atoms with Crippen molar-refractivity contribution in [3.05, 3.63) is 40.9 Å². The molecule has 1 heterocycles. The number of carbonyl (C=O) groups excluding carboxylic acids is 2. The van der Waals surface area contributed by atoms with Gasteiger partial charge < -0.3 is 16.4 Å². The van der Waals surface area contributed by atoms with E-state index in [2.05, 4.69) is 15.6 Å². The third kappa shape index (κ3) is 6.30. The minimum atomic E-state index is -0.614. The van der Waals surface area contributed by atoms with E-state index in [-0.39, 0.29) is 42.7 Å². The summed E-state index contributed by atoms with van der Waals surface area (Å²) in [4.78, 5) is 29.6. The van der Waals surface area contributed by atoms with Gasteiger partial charge in [0.1, 0.15) is 5.01 Å². The van der Waals surface area contributed by atoms with E-state index in [4.69, 9.17) is 5.73 Å². The van der Waals surface area contributed by atoms with E-state index < -0.39 is 6.04 Å². The molecule has 0 radical (unpaired) electrons. The Morgan fingerprint density at radius 1 is 1.19 bits per heavy atom. The largest absolute Gasteiger partial charge is 0.347 e. The van der Waals surface area contributed by atoms with Crippen LogP contribution in [-0.4, -0.2) is 29.4 Å². The Morgan fingerprint density at radius 3 is 2.41 bits per heavy atom. The standard InChI is InChI=1S/C19H26N4O2S.ClH/c1-11(2)16(20)18(25)21-10-15(24)22-12(3)17-13(4)23-19(26-17)14-8-6-5-7-9-14;/h5-9,11-12,16H,10,20H2,1-4H3,(H,21,25)(H,22,24);1H/t12?,16-;/m0./s1. The fourth-order valence-electron chi connectivity index (χ4n) is 2.46. The third-order valence-electron chi connectivity index (χ3n) is 4.07. The van der Waals surface area contributed by atoms with Crippen molar-refractivity contribution in [3.63, 3.8) is 0 Å². The Bertz CT molecular complexity index is 764. The van der Waals surface area contributed by atoms with Gasteiger partial charge in [0.25, 0.3) is 0 Å². The van der Waals surface area contributed by atoms with E-state index in [0.29, 0.717) is 0 Å². The van der Waals surface area contributed by atoms with Crippen molar-refractivity contribution in [1.82, 2.24) is 15.6 Å². The summed E-state index contributed by atoms with van der Waals surface area (Å²) in [6.07, 6.45) is 0. The average molecular weight is 411 g/mol. The molecule has 2 amide bonds. The van der Waals surface area contributed by atoms with Crippen molar-refractivity contribution in [3.8, 4) is 10.6 Å². The van der Waals surface area contributed by atoms with Gasteiger partial charge in [0, 0.05) is 5.56 Å². The normalized spacial score (nSPS) is 12.8. The SMILES string of the molecule is Cc1nc(-c2ccccc2)sc1C(C)NC(=O)CNC(=O)[C@@H](N)C(C)C.Cl. The number of rotatable bonds is 7. The van der Waals surface area contributed by atoms with Crippen LogP contribution in [0.1, 0.15) is 37.4 Å². The predicted octanol–water partition coefficient (Wildman–Crippen LogP) is 2.82. The monoisotopic (exact) mass is 410 g/mol. The highest BCUT2D eigenvalue weighted by atomic mass is 35.5. The molecule has 0 fully saturated rings.